The molecule has 0 aliphatic heterocycles. The number of aromatic nitrogens is 2. The molecule has 3 rings (SSSR count). The topological polar surface area (TPSA) is 85.2 Å². The Kier molecular flexibility index (Phi) is 3.88. The molecule has 0 bridgehead atoms. The van der Waals surface area contributed by atoms with Gasteiger partial charge in [0.25, 0.3) is 11.6 Å². The van der Waals surface area contributed by atoms with Gasteiger partial charge in [0.1, 0.15) is 0 Å². The van der Waals surface area contributed by atoms with Crippen LogP contribution in [-0.4, -0.2) is 41.1 Å². The number of aryl methyl sites for hydroxylation is 1. The first-order chi connectivity index (χ1) is 10.8. The Bertz CT molecular complexity index is 746. The largest absolute Gasteiger partial charge is 0.341 e. The van der Waals surface area contributed by atoms with Crippen LogP contribution >= 0.6 is 0 Å². The molecule has 0 saturated heterocycles. The normalized spacial score (nSPS) is 15.2. The van der Waals surface area contributed by atoms with Crippen LogP contribution in [0.15, 0.2) is 10.6 Å². The van der Waals surface area contributed by atoms with Crippen LogP contribution in [0.4, 0.5) is 0 Å². The first-order valence-corrected chi connectivity index (χ1v) is 8.05. The van der Waals surface area contributed by atoms with Gasteiger partial charge < -0.3 is 15.2 Å². The van der Waals surface area contributed by atoms with Gasteiger partial charge in [-0.2, -0.15) is 0 Å². The Morgan fingerprint density at radius 1 is 1.48 bits per heavy atom. The van der Waals surface area contributed by atoms with E-state index in [1.54, 1.807) is 4.90 Å². The third-order valence-electron chi connectivity index (χ3n) is 4.43. The summed E-state index contributed by atoms with van der Waals surface area (Å²) in [5.41, 5.74) is 8.39. The van der Waals surface area contributed by atoms with Gasteiger partial charge in [-0.25, -0.2) is 4.98 Å². The van der Waals surface area contributed by atoms with Crippen LogP contribution in [0.5, 0.6) is 0 Å². The molecule has 2 aromatic rings. The van der Waals surface area contributed by atoms with Crippen molar-refractivity contribution in [3.63, 3.8) is 0 Å². The van der Waals surface area contributed by atoms with Crippen molar-refractivity contribution in [3.8, 4) is 0 Å². The van der Waals surface area contributed by atoms with Gasteiger partial charge in [0, 0.05) is 25.2 Å². The number of hydrogen-bond acceptors (Lipinski definition) is 5. The van der Waals surface area contributed by atoms with E-state index in [2.05, 4.69) is 24.0 Å². The molecule has 6 heteroatoms. The van der Waals surface area contributed by atoms with Gasteiger partial charge in [-0.15, -0.1) is 0 Å². The molecule has 6 nitrogen and oxygen atoms in total. The van der Waals surface area contributed by atoms with Gasteiger partial charge >= 0.3 is 0 Å². The van der Waals surface area contributed by atoms with Gasteiger partial charge in [0.15, 0.2) is 0 Å². The van der Waals surface area contributed by atoms with Crippen molar-refractivity contribution in [3.05, 3.63) is 23.0 Å². The van der Waals surface area contributed by atoms with Crippen LogP contribution in [0.25, 0.3) is 11.1 Å². The molecule has 0 spiro atoms. The van der Waals surface area contributed by atoms with E-state index in [1.807, 2.05) is 20.0 Å². The maximum atomic E-state index is 13.0. The van der Waals surface area contributed by atoms with E-state index in [4.69, 9.17) is 10.3 Å². The summed E-state index contributed by atoms with van der Waals surface area (Å²) in [6.45, 7) is 7.06. The molecule has 124 valence electrons. The SMILES string of the molecule is Cc1noc2nc(C3CC3)cc(C(=O)N(C)CC(C)(C)CN)c12. The molecular weight excluding hydrogens is 292 g/mol. The molecule has 1 amide bonds. The van der Waals surface area contributed by atoms with Crippen LogP contribution in [0.1, 0.15) is 54.4 Å². The van der Waals surface area contributed by atoms with E-state index in [1.165, 1.54) is 0 Å². The highest BCUT2D eigenvalue weighted by Crippen LogP contribution is 2.40. The third kappa shape index (κ3) is 3.08. The molecule has 1 fully saturated rings. The van der Waals surface area contributed by atoms with E-state index in [0.29, 0.717) is 36.0 Å². The number of rotatable bonds is 5. The maximum absolute atomic E-state index is 13.0. The average molecular weight is 316 g/mol. The Balaban J connectivity index is 2.00. The van der Waals surface area contributed by atoms with Crippen molar-refractivity contribution in [1.82, 2.24) is 15.0 Å². The molecule has 1 aliphatic carbocycles. The predicted octanol–water partition coefficient (Wildman–Crippen LogP) is 2.47. The lowest BCUT2D eigenvalue weighted by molar-refractivity contribution is 0.0742. The van der Waals surface area contributed by atoms with E-state index in [9.17, 15) is 4.79 Å². The molecule has 23 heavy (non-hydrogen) atoms. The average Bonchev–Trinajstić information content (AvgIpc) is 3.30. The Morgan fingerprint density at radius 2 is 2.17 bits per heavy atom. The number of pyridine rings is 1. The van der Waals surface area contributed by atoms with Crippen molar-refractivity contribution in [1.29, 1.82) is 0 Å². The molecule has 2 N–H and O–H groups in total. The standard InChI is InChI=1S/C17H24N4O2/c1-10-14-12(16(22)21(4)9-17(2,3)8-18)7-13(11-5-6-11)19-15(14)23-20-10/h7,11H,5-6,8-9,18H2,1-4H3. The number of nitrogens with two attached hydrogens (primary N) is 1. The second kappa shape index (κ2) is 5.60. The summed E-state index contributed by atoms with van der Waals surface area (Å²) in [6, 6.07) is 1.92. The Labute approximate surface area is 136 Å². The van der Waals surface area contributed by atoms with E-state index in [0.717, 1.165) is 23.9 Å². The quantitative estimate of drug-likeness (QED) is 0.916. The summed E-state index contributed by atoms with van der Waals surface area (Å²) in [4.78, 5) is 19.2. The zero-order valence-corrected chi connectivity index (χ0v) is 14.2. The predicted molar refractivity (Wildman–Crippen MR) is 88.3 cm³/mol. The minimum Gasteiger partial charge on any atom is -0.341 e. The summed E-state index contributed by atoms with van der Waals surface area (Å²) in [6.07, 6.45) is 2.24. The molecule has 1 aliphatic rings. The van der Waals surface area contributed by atoms with Crippen molar-refractivity contribution in [2.75, 3.05) is 20.1 Å². The number of amides is 1. The number of hydrogen-bond donors (Lipinski definition) is 1. The summed E-state index contributed by atoms with van der Waals surface area (Å²) < 4.78 is 5.31. The first kappa shape index (κ1) is 15.9. The van der Waals surface area contributed by atoms with Crippen molar-refractivity contribution < 1.29 is 9.32 Å². The minimum atomic E-state index is -0.125. The molecule has 1 saturated carbocycles. The van der Waals surface area contributed by atoms with Crippen LogP contribution in [0.3, 0.4) is 0 Å². The fraction of sp³-hybridized carbons (Fsp3) is 0.588. The van der Waals surface area contributed by atoms with Crippen molar-refractivity contribution in [2.45, 2.75) is 39.5 Å². The lowest BCUT2D eigenvalue weighted by Gasteiger charge is -2.29. The Hall–Kier alpha value is -1.95. The van der Waals surface area contributed by atoms with Gasteiger partial charge in [-0.3, -0.25) is 4.79 Å². The molecule has 0 radical (unpaired) electrons. The van der Waals surface area contributed by atoms with Crippen molar-refractivity contribution >= 4 is 17.0 Å². The highest BCUT2D eigenvalue weighted by Gasteiger charge is 2.30. The summed E-state index contributed by atoms with van der Waals surface area (Å²) in [5, 5.41) is 4.70. The van der Waals surface area contributed by atoms with Crippen LogP contribution in [0, 0.1) is 12.3 Å². The van der Waals surface area contributed by atoms with Gasteiger partial charge in [0.05, 0.1) is 16.6 Å². The second-order valence-electron chi connectivity index (χ2n) is 7.35. The van der Waals surface area contributed by atoms with Gasteiger partial charge in [-0.1, -0.05) is 19.0 Å². The van der Waals surface area contributed by atoms with Crippen molar-refractivity contribution in [2.24, 2.45) is 11.1 Å². The monoisotopic (exact) mass is 316 g/mol. The molecule has 2 aromatic heterocycles. The minimum absolute atomic E-state index is 0.0351. The highest BCUT2D eigenvalue weighted by molar-refractivity contribution is 6.06. The van der Waals surface area contributed by atoms with E-state index in [-0.39, 0.29) is 11.3 Å². The van der Waals surface area contributed by atoms with E-state index >= 15 is 0 Å². The molecule has 0 aromatic carbocycles. The summed E-state index contributed by atoms with van der Waals surface area (Å²) >= 11 is 0. The number of fused-ring (bicyclic) bond motifs is 1. The molecule has 2 heterocycles. The van der Waals surface area contributed by atoms with Crippen LogP contribution in [0.2, 0.25) is 0 Å². The fourth-order valence-electron chi connectivity index (χ4n) is 2.85. The van der Waals surface area contributed by atoms with Crippen LogP contribution < -0.4 is 5.73 Å². The zero-order chi connectivity index (χ0) is 16.8. The van der Waals surface area contributed by atoms with E-state index < -0.39 is 0 Å². The third-order valence-corrected chi connectivity index (χ3v) is 4.43. The number of carbonyl (C=O) groups is 1. The fourth-order valence-corrected chi connectivity index (χ4v) is 2.85. The second-order valence-corrected chi connectivity index (χ2v) is 7.35. The lowest BCUT2D eigenvalue weighted by Crippen LogP contribution is -2.39. The molecular formula is C17H24N4O2. The zero-order valence-electron chi connectivity index (χ0n) is 14.2. The van der Waals surface area contributed by atoms with Gasteiger partial charge in [-0.05, 0) is 37.8 Å². The first-order valence-electron chi connectivity index (χ1n) is 8.05. The van der Waals surface area contributed by atoms with Gasteiger partial charge in [0.2, 0.25) is 0 Å². The maximum Gasteiger partial charge on any atom is 0.259 e. The summed E-state index contributed by atoms with van der Waals surface area (Å²) in [5.74, 6) is 0.411. The summed E-state index contributed by atoms with van der Waals surface area (Å²) in [7, 11) is 1.81. The highest BCUT2D eigenvalue weighted by atomic mass is 16.5. The van der Waals surface area contributed by atoms with Crippen LogP contribution in [-0.2, 0) is 0 Å². The lowest BCUT2D eigenvalue weighted by atomic mass is 9.93. The smallest absolute Gasteiger partial charge is 0.259 e. The molecule has 0 atom stereocenters. The number of carbonyl (C=O) groups excluding carboxylic acids is 1. The number of nitrogens with zero attached hydrogens (tertiary/aromatic N) is 3. The Morgan fingerprint density at radius 3 is 2.78 bits per heavy atom. The molecule has 0 unspecified atom stereocenters.